The second kappa shape index (κ2) is 31.7. The molecular formula is C39H38N26NaO10P2+. The number of rotatable bonds is 7. The van der Waals surface area contributed by atoms with Crippen molar-refractivity contribution in [2.45, 2.75) is 27.7 Å². The standard InChI is InChI=1S/C15H12N10.C9H5N6.C9H7N5.C6H8N4.HNO2.Na.2HO4P.2H2/c1-9-13(15-22-19-10(2)24(15)23-9)20-21-14-11(16-3)8-18-25(14)12-6-4-5-7-17-12;1-11-7-6-13-15(9(7)14-10)8-4-2-3-5-12-8;1-11-7-6-13-14(9(7)10)8-4-2-3-5-12-8;1-4-3-6-8-7-5(2)10(6)9-4;2-1-3;;2*1-4-5(2)3;;/h4-8,23H,1-2H3;2-6H;2-6H,10H2;3,9H,1-2H3;(H,2,3);;2*1H;2*1H/q;+1;;;;+1;;;;/p-1. The molecule has 10 aromatic rings. The zero-order valence-corrected chi connectivity index (χ0v) is 44.4. The van der Waals surface area contributed by atoms with Crippen molar-refractivity contribution >= 4 is 68.0 Å². The zero-order valence-electron chi connectivity index (χ0n) is 40.7. The summed E-state index contributed by atoms with van der Waals surface area (Å²) in [6.07, 6.45) is 9.09. The first-order chi connectivity index (χ1) is 37.1. The van der Waals surface area contributed by atoms with Gasteiger partial charge in [-0.2, -0.15) is 10.2 Å². The third kappa shape index (κ3) is 17.1. The van der Waals surface area contributed by atoms with Gasteiger partial charge in [-0.15, -0.1) is 36.0 Å². The van der Waals surface area contributed by atoms with E-state index in [1.807, 2.05) is 50.4 Å². The molecule has 39 heteroatoms. The van der Waals surface area contributed by atoms with Gasteiger partial charge in [-0.25, -0.2) is 58.4 Å². The second-order valence-electron chi connectivity index (χ2n) is 13.6. The van der Waals surface area contributed by atoms with E-state index in [1.165, 1.54) is 32.6 Å². The van der Waals surface area contributed by atoms with Crippen LogP contribution in [0.25, 0.3) is 48.3 Å². The van der Waals surface area contributed by atoms with Crippen molar-refractivity contribution < 1.29 is 71.2 Å². The number of anilines is 1. The van der Waals surface area contributed by atoms with Crippen molar-refractivity contribution in [1.82, 2.24) is 83.9 Å². The van der Waals surface area contributed by atoms with Crippen molar-refractivity contribution in [1.29, 1.82) is 5.39 Å². The molecule has 78 heavy (non-hydrogen) atoms. The van der Waals surface area contributed by atoms with Crippen molar-refractivity contribution in [2.75, 3.05) is 5.73 Å². The predicted molar refractivity (Wildman–Crippen MR) is 266 cm³/mol. The first-order valence-electron chi connectivity index (χ1n) is 20.4. The Morgan fingerprint density at radius 3 is 1.64 bits per heavy atom. The number of nitrogens with one attached hydrogen (secondary N) is 2. The van der Waals surface area contributed by atoms with Crippen LogP contribution < -0.4 is 45.1 Å². The van der Waals surface area contributed by atoms with Crippen LogP contribution in [-0.2, 0) is 18.5 Å². The third-order valence-corrected chi connectivity index (χ3v) is 9.09. The van der Waals surface area contributed by atoms with E-state index in [2.05, 4.69) is 99.9 Å². The number of aromatic nitrogens is 17. The number of aryl methyl sites for hydroxylation is 4. The second-order valence-corrected chi connectivity index (χ2v) is 14.8. The molecule has 6 N–H and O–H groups in total. The van der Waals surface area contributed by atoms with E-state index < -0.39 is 16.5 Å². The van der Waals surface area contributed by atoms with Gasteiger partial charge in [0.05, 0.1) is 49.4 Å². The van der Waals surface area contributed by atoms with Crippen LogP contribution in [0.5, 0.6) is 0 Å². The van der Waals surface area contributed by atoms with Gasteiger partial charge >= 0.3 is 57.6 Å². The Hall–Kier alpha value is -9.91. The van der Waals surface area contributed by atoms with Crippen molar-refractivity contribution in [2.24, 2.45) is 15.6 Å². The van der Waals surface area contributed by atoms with Crippen LogP contribution in [0.15, 0.2) is 113 Å². The normalized spacial score (nSPS) is 10.2. The van der Waals surface area contributed by atoms with Gasteiger partial charge < -0.3 is 25.6 Å². The number of H-pyrrole nitrogens is 2. The van der Waals surface area contributed by atoms with Crippen LogP contribution in [0, 0.1) is 62.9 Å². The average Bonchev–Trinajstić information content (AvgIpc) is 4.36. The minimum Gasteiger partial charge on any atom is -0.565 e. The summed E-state index contributed by atoms with van der Waals surface area (Å²) in [4.78, 5) is 51.1. The number of aromatic amines is 2. The number of pyridine rings is 3. The molecule has 10 rings (SSSR count). The maximum atomic E-state index is 8.93. The molecule has 0 radical (unpaired) electrons. The molecule has 0 saturated carbocycles. The number of diazo groups is 1. The van der Waals surface area contributed by atoms with E-state index in [1.54, 1.807) is 65.6 Å². The van der Waals surface area contributed by atoms with Gasteiger partial charge in [-0.05, 0) is 67.2 Å². The topological polar surface area (TPSA) is 468 Å². The predicted octanol–water partition coefficient (Wildman–Crippen LogP) is 4.33. The molecule has 394 valence electrons. The molecule has 0 aromatic carbocycles. The molecule has 0 amide bonds. The number of nitrogens with two attached hydrogens (primary N) is 1. The number of hydrogen-bond donors (Lipinski definition) is 5. The Bertz CT molecular complexity index is 3760. The summed E-state index contributed by atoms with van der Waals surface area (Å²) in [5, 5.41) is 74.6. The number of hydrogen-bond acceptors (Lipinski definition) is 25. The number of fused-ring (bicyclic) bond motifs is 2. The fraction of sp³-hybridized carbons (Fsp3) is 0.103. The monoisotopic (exact) mass is 1120 g/mol. The van der Waals surface area contributed by atoms with Crippen LogP contribution >= 0.6 is 16.5 Å². The molecule has 0 fully saturated rings. The molecule has 0 spiro atoms. The molecule has 10 heterocycles. The van der Waals surface area contributed by atoms with Gasteiger partial charge in [0.25, 0.3) is 5.69 Å². The summed E-state index contributed by atoms with van der Waals surface area (Å²) in [6, 6.07) is 18.0. The fourth-order valence-electron chi connectivity index (χ4n) is 5.67. The van der Waals surface area contributed by atoms with E-state index in [0.717, 1.165) is 34.0 Å². The van der Waals surface area contributed by atoms with Crippen LogP contribution in [-0.4, -0.2) is 94.4 Å². The molecule has 0 aliphatic carbocycles. The zero-order chi connectivity index (χ0) is 56.4. The summed E-state index contributed by atoms with van der Waals surface area (Å²) in [5.74, 6) is 4.00. The molecule has 10 aromatic heterocycles. The molecular weight excluding hydrogens is 1080 g/mol. The minimum atomic E-state index is -3.04. The first kappa shape index (κ1) is 62.4. The summed E-state index contributed by atoms with van der Waals surface area (Å²) in [6.45, 7) is 28.6. The van der Waals surface area contributed by atoms with E-state index in [0.29, 0.717) is 46.1 Å². The Morgan fingerprint density at radius 1 is 0.705 bits per heavy atom. The quantitative estimate of drug-likeness (QED) is 0.0217. The summed E-state index contributed by atoms with van der Waals surface area (Å²) < 4.78 is 31.1. The Kier molecular flexibility index (Phi) is 25.4. The van der Waals surface area contributed by atoms with Crippen molar-refractivity contribution in [3.05, 3.63) is 170 Å². The molecule has 2 atom stereocenters. The Balaban J connectivity index is 0.000000509. The number of nitrogen functional groups attached to an aromatic ring is 1. The molecule has 0 saturated heterocycles. The van der Waals surface area contributed by atoms with Gasteiger partial charge in [-0.3, -0.25) is 10.2 Å². The summed E-state index contributed by atoms with van der Waals surface area (Å²) in [7, 11) is -6.09. The SMILES string of the molecule is Cc1cc2nnc(C)n2[nH]1.O=N[O-].O=[P+]([O-])OO.O=[P+]([O-])OO.[C-]#[N+]c1cnn(-c2ccccn2)c1N.[C-]#[N+]c1cnn(-c2ccccn2)c1N=Nc1c(C)[nH]n2c(C)nnc12.[C-]#[N+]c1cnn(-c2ccccn2)c1[N+]#N.[HH].[HH].[Na+]. The summed E-state index contributed by atoms with van der Waals surface area (Å²) >= 11 is 0. The largest absolute Gasteiger partial charge is 1.00 e. The van der Waals surface area contributed by atoms with Gasteiger partial charge in [0, 0.05) is 53.6 Å². The van der Waals surface area contributed by atoms with E-state index in [9.17, 15) is 0 Å². The van der Waals surface area contributed by atoms with Crippen LogP contribution in [0.3, 0.4) is 0 Å². The number of nitrogens with zero attached hydrogens (tertiary/aromatic N) is 23. The van der Waals surface area contributed by atoms with E-state index in [-0.39, 0.29) is 49.6 Å². The maximum absolute atomic E-state index is 8.93. The molecule has 36 nitrogen and oxygen atoms in total. The summed E-state index contributed by atoms with van der Waals surface area (Å²) in [5.41, 5.74) is 10.4. The van der Waals surface area contributed by atoms with Gasteiger partial charge in [-0.1, -0.05) is 28.0 Å². The first-order valence-corrected chi connectivity index (χ1v) is 22.6. The van der Waals surface area contributed by atoms with Gasteiger partial charge in [0.1, 0.15) is 17.5 Å². The Morgan fingerprint density at radius 2 is 1.17 bits per heavy atom. The molecule has 0 aliphatic rings. The Labute approximate surface area is 463 Å². The smallest absolute Gasteiger partial charge is 0.565 e. The molecule has 0 aliphatic heterocycles. The molecule has 0 bridgehead atoms. The van der Waals surface area contributed by atoms with Crippen molar-refractivity contribution in [3.63, 3.8) is 0 Å². The van der Waals surface area contributed by atoms with Crippen molar-refractivity contribution in [3.8, 4) is 17.5 Å². The average molecular weight is 1120 g/mol. The van der Waals surface area contributed by atoms with Gasteiger partial charge in [0.2, 0.25) is 17.2 Å². The van der Waals surface area contributed by atoms with E-state index in [4.69, 9.17) is 70.4 Å². The van der Waals surface area contributed by atoms with Crippen LogP contribution in [0.2, 0.25) is 0 Å². The molecule has 2 unspecified atom stereocenters. The number of azo groups is 1. The fourth-order valence-corrected chi connectivity index (χ4v) is 5.67. The third-order valence-electron chi connectivity index (χ3n) is 8.82. The maximum Gasteiger partial charge on any atom is 1.00 e. The van der Waals surface area contributed by atoms with Crippen LogP contribution in [0.1, 0.15) is 25.9 Å². The van der Waals surface area contributed by atoms with E-state index >= 15 is 0 Å². The minimum absolute atomic E-state index is 0. The van der Waals surface area contributed by atoms with Crippen LogP contribution in [0.4, 0.5) is 40.2 Å². The van der Waals surface area contributed by atoms with Gasteiger partial charge in [0.15, 0.2) is 28.8 Å².